The van der Waals surface area contributed by atoms with Crippen molar-refractivity contribution in [3.05, 3.63) is 71.8 Å². The number of carbonyl (C=O) groups excluding carboxylic acids is 1. The maximum atomic E-state index is 12.6. The van der Waals surface area contributed by atoms with Gasteiger partial charge < -0.3 is 4.90 Å². The lowest BCUT2D eigenvalue weighted by atomic mass is 10.1. The molecule has 136 valence electrons. The Labute approximate surface area is 154 Å². The largest absolute Gasteiger partial charge is 0.337 e. The van der Waals surface area contributed by atoms with Crippen LogP contribution < -0.4 is 0 Å². The van der Waals surface area contributed by atoms with Crippen LogP contribution in [0.15, 0.2) is 65.6 Å². The molecule has 0 atom stereocenters. The Morgan fingerprint density at radius 2 is 1.54 bits per heavy atom. The smallest absolute Gasteiger partial charge is 0.246 e. The van der Waals surface area contributed by atoms with Crippen LogP contribution in [0, 0.1) is 6.92 Å². The standard InChI is InChI=1S/C20H22N2O3S/c1-17-7-5-6-8-18(17)11-12-20(23)21-13-15-22(16-14-21)26(24,25)19-9-3-2-4-10-19/h2-12H,13-16H2,1H3/b12-11+. The van der Waals surface area contributed by atoms with E-state index in [1.165, 1.54) is 4.31 Å². The van der Waals surface area contributed by atoms with Crippen LogP contribution in [0.25, 0.3) is 6.08 Å². The second-order valence-electron chi connectivity index (χ2n) is 6.23. The van der Waals surface area contributed by atoms with E-state index in [1.54, 1.807) is 41.3 Å². The van der Waals surface area contributed by atoms with Gasteiger partial charge in [-0.25, -0.2) is 8.42 Å². The number of nitrogens with zero attached hydrogens (tertiary/aromatic N) is 2. The first-order valence-electron chi connectivity index (χ1n) is 8.56. The fourth-order valence-electron chi connectivity index (χ4n) is 2.93. The number of piperazine rings is 1. The Balaban J connectivity index is 1.62. The van der Waals surface area contributed by atoms with Crippen LogP contribution in [0.2, 0.25) is 0 Å². The third-order valence-electron chi connectivity index (χ3n) is 4.53. The van der Waals surface area contributed by atoms with Crippen molar-refractivity contribution in [3.63, 3.8) is 0 Å². The fourth-order valence-corrected chi connectivity index (χ4v) is 4.37. The highest BCUT2D eigenvalue weighted by molar-refractivity contribution is 7.89. The molecule has 1 aliphatic rings. The fraction of sp³-hybridized carbons (Fsp3) is 0.250. The van der Waals surface area contributed by atoms with E-state index in [-0.39, 0.29) is 5.91 Å². The normalized spacial score (nSPS) is 16.1. The lowest BCUT2D eigenvalue weighted by molar-refractivity contribution is -0.127. The van der Waals surface area contributed by atoms with Crippen LogP contribution in [0.5, 0.6) is 0 Å². The highest BCUT2D eigenvalue weighted by atomic mass is 32.2. The molecule has 1 fully saturated rings. The van der Waals surface area contributed by atoms with Gasteiger partial charge in [-0.15, -0.1) is 0 Å². The zero-order valence-electron chi connectivity index (χ0n) is 14.7. The summed E-state index contributed by atoms with van der Waals surface area (Å²) in [5.74, 6) is -0.0926. The van der Waals surface area contributed by atoms with Crippen molar-refractivity contribution in [2.75, 3.05) is 26.2 Å². The molecule has 0 radical (unpaired) electrons. The molecule has 6 heteroatoms. The monoisotopic (exact) mass is 370 g/mol. The Morgan fingerprint density at radius 1 is 0.923 bits per heavy atom. The molecule has 5 nitrogen and oxygen atoms in total. The molecule has 0 aromatic heterocycles. The molecule has 0 aliphatic carbocycles. The minimum atomic E-state index is -3.49. The van der Waals surface area contributed by atoms with E-state index in [0.717, 1.165) is 11.1 Å². The van der Waals surface area contributed by atoms with Crippen molar-refractivity contribution in [1.29, 1.82) is 0 Å². The first kappa shape index (κ1) is 18.4. The van der Waals surface area contributed by atoms with Gasteiger partial charge in [0.1, 0.15) is 0 Å². The molecule has 0 unspecified atom stereocenters. The van der Waals surface area contributed by atoms with Crippen LogP contribution in [-0.4, -0.2) is 49.7 Å². The zero-order valence-corrected chi connectivity index (χ0v) is 15.5. The average molecular weight is 370 g/mol. The van der Waals surface area contributed by atoms with Crippen LogP contribution in [0.4, 0.5) is 0 Å². The van der Waals surface area contributed by atoms with E-state index in [0.29, 0.717) is 31.1 Å². The van der Waals surface area contributed by atoms with Gasteiger partial charge in [-0.2, -0.15) is 4.31 Å². The summed E-state index contributed by atoms with van der Waals surface area (Å²) in [5.41, 5.74) is 2.11. The second kappa shape index (κ2) is 7.85. The Morgan fingerprint density at radius 3 is 2.19 bits per heavy atom. The lowest BCUT2D eigenvalue weighted by Gasteiger charge is -2.33. The van der Waals surface area contributed by atoms with Crippen molar-refractivity contribution in [2.24, 2.45) is 0 Å². The molecule has 26 heavy (non-hydrogen) atoms. The number of hydrogen-bond acceptors (Lipinski definition) is 3. The number of rotatable bonds is 4. The van der Waals surface area contributed by atoms with Gasteiger partial charge in [0, 0.05) is 32.3 Å². The van der Waals surface area contributed by atoms with Crippen molar-refractivity contribution in [2.45, 2.75) is 11.8 Å². The summed E-state index contributed by atoms with van der Waals surface area (Å²) in [5, 5.41) is 0. The summed E-state index contributed by atoms with van der Waals surface area (Å²) in [6.45, 7) is 3.39. The Kier molecular flexibility index (Phi) is 5.54. The van der Waals surface area contributed by atoms with E-state index in [2.05, 4.69) is 0 Å². The summed E-state index contributed by atoms with van der Waals surface area (Å²) >= 11 is 0. The molecular formula is C20H22N2O3S. The first-order chi connectivity index (χ1) is 12.5. The van der Waals surface area contributed by atoms with Gasteiger partial charge in [0.25, 0.3) is 0 Å². The summed E-state index contributed by atoms with van der Waals surface area (Å²) in [7, 11) is -3.49. The van der Waals surface area contributed by atoms with Crippen molar-refractivity contribution >= 4 is 22.0 Å². The van der Waals surface area contributed by atoms with E-state index < -0.39 is 10.0 Å². The number of sulfonamides is 1. The highest BCUT2D eigenvalue weighted by Gasteiger charge is 2.29. The van der Waals surface area contributed by atoms with Gasteiger partial charge in [-0.3, -0.25) is 4.79 Å². The predicted molar refractivity (Wildman–Crippen MR) is 102 cm³/mol. The molecule has 1 aliphatic heterocycles. The van der Waals surface area contributed by atoms with Crippen LogP contribution in [0.3, 0.4) is 0 Å². The molecule has 1 amide bonds. The van der Waals surface area contributed by atoms with Gasteiger partial charge in [0.2, 0.25) is 15.9 Å². The third-order valence-corrected chi connectivity index (χ3v) is 6.44. The molecule has 3 rings (SSSR count). The van der Waals surface area contributed by atoms with Crippen molar-refractivity contribution in [3.8, 4) is 0 Å². The van der Waals surface area contributed by atoms with Gasteiger partial charge >= 0.3 is 0 Å². The topological polar surface area (TPSA) is 57.7 Å². The van der Waals surface area contributed by atoms with Crippen LogP contribution >= 0.6 is 0 Å². The molecule has 2 aromatic rings. The molecule has 0 N–H and O–H groups in total. The van der Waals surface area contributed by atoms with Gasteiger partial charge in [-0.05, 0) is 36.3 Å². The minimum Gasteiger partial charge on any atom is -0.337 e. The summed E-state index contributed by atoms with van der Waals surface area (Å²) in [4.78, 5) is 14.4. The van der Waals surface area contributed by atoms with E-state index >= 15 is 0 Å². The Hall–Kier alpha value is -2.44. The van der Waals surface area contributed by atoms with E-state index in [1.807, 2.05) is 37.3 Å². The highest BCUT2D eigenvalue weighted by Crippen LogP contribution is 2.17. The van der Waals surface area contributed by atoms with Crippen molar-refractivity contribution in [1.82, 2.24) is 9.21 Å². The second-order valence-corrected chi connectivity index (χ2v) is 8.17. The molecule has 1 saturated heterocycles. The molecule has 0 bridgehead atoms. The summed E-state index contributed by atoms with van der Waals surface area (Å²) < 4.78 is 26.7. The number of aryl methyl sites for hydroxylation is 1. The van der Waals surface area contributed by atoms with Gasteiger partial charge in [0.05, 0.1) is 4.90 Å². The van der Waals surface area contributed by atoms with E-state index in [9.17, 15) is 13.2 Å². The molecule has 2 aromatic carbocycles. The Bertz CT molecular complexity index is 900. The number of hydrogen-bond donors (Lipinski definition) is 0. The third kappa shape index (κ3) is 4.03. The van der Waals surface area contributed by atoms with Crippen LogP contribution in [-0.2, 0) is 14.8 Å². The van der Waals surface area contributed by atoms with Crippen molar-refractivity contribution < 1.29 is 13.2 Å². The molecular weight excluding hydrogens is 348 g/mol. The SMILES string of the molecule is Cc1ccccc1/C=C/C(=O)N1CCN(S(=O)(=O)c2ccccc2)CC1. The summed E-state index contributed by atoms with van der Waals surface area (Å²) in [6.07, 6.45) is 3.37. The average Bonchev–Trinajstić information content (AvgIpc) is 2.68. The number of carbonyl (C=O) groups is 1. The molecule has 0 spiro atoms. The number of amides is 1. The predicted octanol–water partition coefficient (Wildman–Crippen LogP) is 2.54. The van der Waals surface area contributed by atoms with Gasteiger partial charge in [-0.1, -0.05) is 42.5 Å². The quantitative estimate of drug-likeness (QED) is 0.777. The zero-order chi connectivity index (χ0) is 18.6. The minimum absolute atomic E-state index is 0.0926. The molecule has 1 heterocycles. The lowest BCUT2D eigenvalue weighted by Crippen LogP contribution is -2.50. The van der Waals surface area contributed by atoms with Gasteiger partial charge in [0.15, 0.2) is 0 Å². The van der Waals surface area contributed by atoms with Crippen LogP contribution in [0.1, 0.15) is 11.1 Å². The first-order valence-corrected chi connectivity index (χ1v) is 10.0. The molecule has 0 saturated carbocycles. The van der Waals surface area contributed by atoms with E-state index in [4.69, 9.17) is 0 Å². The maximum absolute atomic E-state index is 12.6. The number of benzene rings is 2. The maximum Gasteiger partial charge on any atom is 0.246 e. The summed E-state index contributed by atoms with van der Waals surface area (Å²) in [6, 6.07) is 16.3.